The average molecular weight is 435 g/mol. The smallest absolute Gasteiger partial charge is 0.256 e. The third-order valence-electron chi connectivity index (χ3n) is 4.51. The van der Waals surface area contributed by atoms with Crippen LogP contribution in [-0.4, -0.2) is 29.2 Å². The van der Waals surface area contributed by atoms with Crippen LogP contribution in [0.4, 0.5) is 0 Å². The summed E-state index contributed by atoms with van der Waals surface area (Å²) in [7, 11) is 0. The van der Waals surface area contributed by atoms with Crippen molar-refractivity contribution in [3.05, 3.63) is 19.2 Å². The van der Waals surface area contributed by atoms with E-state index in [1.54, 1.807) is 0 Å². The van der Waals surface area contributed by atoms with Crippen molar-refractivity contribution >= 4 is 54.9 Å². The maximum Gasteiger partial charge on any atom is 0.256 e. The normalized spacial score (nSPS) is 26.4. The first-order valence-corrected chi connectivity index (χ1v) is 9.76. The van der Waals surface area contributed by atoms with Gasteiger partial charge in [0.15, 0.2) is 0 Å². The van der Waals surface area contributed by atoms with Crippen LogP contribution in [0.15, 0.2) is 13.6 Å². The van der Waals surface area contributed by atoms with Crippen LogP contribution in [0.2, 0.25) is 0 Å². The van der Waals surface area contributed by atoms with Gasteiger partial charge in [0, 0.05) is 24.9 Å². The summed E-state index contributed by atoms with van der Waals surface area (Å²) in [5, 5.41) is 0. The van der Waals surface area contributed by atoms with Crippen LogP contribution in [0.25, 0.3) is 0 Å². The molecular formula is C15H17Br2NO2S. The summed E-state index contributed by atoms with van der Waals surface area (Å²) in [5.74, 6) is 0.480. The van der Waals surface area contributed by atoms with Crippen molar-refractivity contribution in [3.8, 4) is 0 Å². The number of carbonyl (C=O) groups is 2. The molecule has 0 spiro atoms. The van der Waals surface area contributed by atoms with Crippen LogP contribution in [0.5, 0.6) is 0 Å². The Morgan fingerprint density at radius 3 is 2.67 bits per heavy atom. The Hall–Kier alpha value is -0.200. The van der Waals surface area contributed by atoms with Gasteiger partial charge < -0.3 is 4.90 Å². The van der Waals surface area contributed by atoms with Gasteiger partial charge in [-0.15, -0.1) is 11.3 Å². The van der Waals surface area contributed by atoms with E-state index in [1.807, 2.05) is 11.0 Å². The lowest BCUT2D eigenvalue weighted by Gasteiger charge is -2.38. The molecule has 6 heteroatoms. The maximum atomic E-state index is 12.9. The standard InChI is InChI=1S/C15H17Br2NO2S/c16-13-8-10(14(17)21-13)15(20)18-7-2-1-5-11(18)9-4-3-6-12(9)19/h8-9,11H,1-7H2. The quantitative estimate of drug-likeness (QED) is 0.679. The minimum absolute atomic E-state index is 0.0632. The predicted molar refractivity (Wildman–Crippen MR) is 90.7 cm³/mol. The molecule has 1 aliphatic heterocycles. The van der Waals surface area contributed by atoms with Crippen LogP contribution in [-0.2, 0) is 4.79 Å². The maximum absolute atomic E-state index is 12.9. The highest BCUT2D eigenvalue weighted by molar-refractivity contribution is 9.12. The van der Waals surface area contributed by atoms with Gasteiger partial charge in [0.25, 0.3) is 5.91 Å². The van der Waals surface area contributed by atoms with Crippen LogP contribution in [0.1, 0.15) is 48.9 Å². The minimum atomic E-state index is 0.0632. The fraction of sp³-hybridized carbons (Fsp3) is 0.600. The Morgan fingerprint density at radius 2 is 2.05 bits per heavy atom. The monoisotopic (exact) mass is 433 g/mol. The third-order valence-corrected chi connectivity index (χ3v) is 6.85. The van der Waals surface area contributed by atoms with Crippen LogP contribution < -0.4 is 0 Å². The number of carbonyl (C=O) groups excluding carboxylic acids is 2. The fourth-order valence-corrected chi connectivity index (χ4v) is 6.30. The van der Waals surface area contributed by atoms with Crippen LogP contribution >= 0.6 is 43.2 Å². The van der Waals surface area contributed by atoms with Gasteiger partial charge in [-0.1, -0.05) is 0 Å². The zero-order valence-electron chi connectivity index (χ0n) is 11.6. The van der Waals surface area contributed by atoms with Gasteiger partial charge in [0.2, 0.25) is 0 Å². The molecule has 1 amide bonds. The second kappa shape index (κ2) is 6.50. The molecule has 3 rings (SSSR count). The van der Waals surface area contributed by atoms with Crippen molar-refractivity contribution in [2.45, 2.75) is 44.6 Å². The third kappa shape index (κ3) is 3.13. The molecule has 1 saturated carbocycles. The second-order valence-electron chi connectivity index (χ2n) is 5.76. The van der Waals surface area contributed by atoms with Gasteiger partial charge in [-0.3, -0.25) is 9.59 Å². The summed E-state index contributed by atoms with van der Waals surface area (Å²) in [6.07, 6.45) is 5.73. The molecule has 0 aromatic carbocycles. The molecule has 2 aliphatic rings. The first-order chi connectivity index (χ1) is 10.1. The molecule has 0 bridgehead atoms. The first-order valence-electron chi connectivity index (χ1n) is 7.36. The number of Topliss-reactive ketones (excluding diaryl/α,β-unsaturated/α-hetero) is 1. The number of hydrogen-bond acceptors (Lipinski definition) is 3. The molecule has 21 heavy (non-hydrogen) atoms. The molecule has 0 N–H and O–H groups in total. The fourth-order valence-electron chi connectivity index (χ4n) is 3.52. The van der Waals surface area contributed by atoms with E-state index in [2.05, 4.69) is 31.9 Å². The molecular weight excluding hydrogens is 418 g/mol. The SMILES string of the molecule is O=C1CCCC1C1CCCCN1C(=O)c1cc(Br)sc1Br. The zero-order chi connectivity index (χ0) is 15.0. The lowest BCUT2D eigenvalue weighted by molar-refractivity contribution is -0.122. The Morgan fingerprint density at radius 1 is 1.24 bits per heavy atom. The average Bonchev–Trinajstić information content (AvgIpc) is 3.03. The number of rotatable bonds is 2. The van der Waals surface area contributed by atoms with E-state index in [-0.39, 0.29) is 17.9 Å². The van der Waals surface area contributed by atoms with Gasteiger partial charge >= 0.3 is 0 Å². The van der Waals surface area contributed by atoms with Gasteiger partial charge in [-0.2, -0.15) is 0 Å². The molecule has 3 nitrogen and oxygen atoms in total. The molecule has 2 atom stereocenters. The lowest BCUT2D eigenvalue weighted by atomic mass is 9.88. The Bertz CT molecular complexity index is 572. The number of halogens is 2. The van der Waals surface area contributed by atoms with Crippen molar-refractivity contribution in [1.82, 2.24) is 4.90 Å². The molecule has 1 aromatic rings. The van der Waals surface area contributed by atoms with E-state index in [0.29, 0.717) is 17.8 Å². The molecule has 1 aliphatic carbocycles. The topological polar surface area (TPSA) is 37.4 Å². The Labute approximate surface area is 145 Å². The highest BCUT2D eigenvalue weighted by Crippen LogP contribution is 2.37. The van der Waals surface area contributed by atoms with Crippen molar-refractivity contribution in [2.75, 3.05) is 6.54 Å². The Balaban J connectivity index is 1.85. The number of likely N-dealkylation sites (tertiary alicyclic amines) is 1. The molecule has 1 saturated heterocycles. The summed E-state index contributed by atoms with van der Waals surface area (Å²) in [6, 6.07) is 1.98. The van der Waals surface area contributed by atoms with E-state index < -0.39 is 0 Å². The number of nitrogens with zero attached hydrogens (tertiary/aromatic N) is 1. The largest absolute Gasteiger partial charge is 0.335 e. The van der Waals surface area contributed by atoms with E-state index in [9.17, 15) is 9.59 Å². The van der Waals surface area contributed by atoms with Crippen LogP contribution in [0, 0.1) is 5.92 Å². The summed E-state index contributed by atoms with van der Waals surface area (Å²) < 4.78 is 1.81. The van der Waals surface area contributed by atoms with Crippen molar-refractivity contribution in [1.29, 1.82) is 0 Å². The van der Waals surface area contributed by atoms with Gasteiger partial charge in [-0.05, 0) is 70.0 Å². The van der Waals surface area contributed by atoms with Gasteiger partial charge in [0.1, 0.15) is 5.78 Å². The molecule has 2 unspecified atom stereocenters. The Kier molecular flexibility index (Phi) is 4.86. The highest BCUT2D eigenvalue weighted by atomic mass is 79.9. The lowest BCUT2D eigenvalue weighted by Crippen LogP contribution is -2.48. The second-order valence-corrected chi connectivity index (χ2v) is 9.51. The first kappa shape index (κ1) is 15.7. The van der Waals surface area contributed by atoms with Crippen LogP contribution in [0.3, 0.4) is 0 Å². The highest BCUT2D eigenvalue weighted by Gasteiger charge is 2.39. The van der Waals surface area contributed by atoms with E-state index in [4.69, 9.17) is 0 Å². The van der Waals surface area contributed by atoms with Crippen molar-refractivity contribution in [2.24, 2.45) is 5.92 Å². The van der Waals surface area contributed by atoms with Gasteiger partial charge in [-0.25, -0.2) is 0 Å². The molecule has 1 aromatic heterocycles. The molecule has 2 fully saturated rings. The summed E-state index contributed by atoms with van der Waals surface area (Å²) >= 11 is 8.42. The number of hydrogen-bond donors (Lipinski definition) is 0. The molecule has 114 valence electrons. The number of ketones is 1. The number of piperidine rings is 1. The van der Waals surface area contributed by atoms with E-state index in [1.165, 1.54) is 11.3 Å². The van der Waals surface area contributed by atoms with Crippen molar-refractivity contribution in [3.63, 3.8) is 0 Å². The summed E-state index contributed by atoms with van der Waals surface area (Å²) in [6.45, 7) is 0.771. The van der Waals surface area contributed by atoms with E-state index in [0.717, 1.165) is 46.2 Å². The predicted octanol–water partition coefficient (Wildman–Crippen LogP) is 4.64. The van der Waals surface area contributed by atoms with Crippen molar-refractivity contribution < 1.29 is 9.59 Å². The number of thiophene rings is 1. The van der Waals surface area contributed by atoms with E-state index >= 15 is 0 Å². The van der Waals surface area contributed by atoms with Gasteiger partial charge in [0.05, 0.1) is 13.1 Å². The molecule has 2 heterocycles. The number of amides is 1. The summed E-state index contributed by atoms with van der Waals surface area (Å²) in [5.41, 5.74) is 0.712. The zero-order valence-corrected chi connectivity index (χ0v) is 15.6. The minimum Gasteiger partial charge on any atom is -0.335 e. The molecule has 0 radical (unpaired) electrons. The summed E-state index contributed by atoms with van der Waals surface area (Å²) in [4.78, 5) is 26.9.